The predicted octanol–water partition coefficient (Wildman–Crippen LogP) is 2.05. The number of nitrogens with zero attached hydrogens (tertiary/aromatic N) is 5. The topological polar surface area (TPSA) is 115 Å². The molecule has 0 bridgehead atoms. The predicted molar refractivity (Wildman–Crippen MR) is 114 cm³/mol. The molecule has 1 fully saturated rings. The number of anilines is 1. The maximum Gasteiger partial charge on any atom is 0.227 e. The van der Waals surface area contributed by atoms with Crippen LogP contribution in [0.4, 0.5) is 5.82 Å². The van der Waals surface area contributed by atoms with Crippen LogP contribution in [0.1, 0.15) is 6.92 Å². The van der Waals surface area contributed by atoms with Crippen molar-refractivity contribution in [3.63, 3.8) is 0 Å². The highest BCUT2D eigenvalue weighted by molar-refractivity contribution is 6.08. The number of pyridine rings is 1. The summed E-state index contributed by atoms with van der Waals surface area (Å²) in [5.74, 6) is 0.313. The summed E-state index contributed by atoms with van der Waals surface area (Å²) >= 11 is 0. The molecule has 0 spiro atoms. The number of nitrogens with two attached hydrogens (primary N) is 1. The van der Waals surface area contributed by atoms with Crippen molar-refractivity contribution in [3.05, 3.63) is 36.7 Å². The Morgan fingerprint density at radius 3 is 2.87 bits per heavy atom. The number of aromatic nitrogens is 5. The normalized spacial score (nSPS) is 15.7. The second-order valence-corrected chi connectivity index (χ2v) is 7.65. The maximum atomic E-state index is 12.7. The lowest BCUT2D eigenvalue weighted by Gasteiger charge is -2.29. The van der Waals surface area contributed by atoms with Gasteiger partial charge in [0.2, 0.25) is 5.91 Å². The quantitative estimate of drug-likeness (QED) is 0.537. The van der Waals surface area contributed by atoms with Crippen LogP contribution in [0.25, 0.3) is 33.1 Å². The molecule has 1 unspecified atom stereocenters. The minimum absolute atomic E-state index is 0.123. The Morgan fingerprint density at radius 1 is 1.27 bits per heavy atom. The second kappa shape index (κ2) is 7.42. The lowest BCUT2D eigenvalue weighted by atomic mass is 10.1. The maximum absolute atomic E-state index is 12.7. The van der Waals surface area contributed by atoms with Crippen molar-refractivity contribution in [2.24, 2.45) is 5.92 Å². The number of carbonyl (C=O) groups is 1. The van der Waals surface area contributed by atoms with Gasteiger partial charge in [-0.05, 0) is 12.1 Å². The third kappa shape index (κ3) is 3.26. The van der Waals surface area contributed by atoms with Gasteiger partial charge in [0.25, 0.3) is 0 Å². The van der Waals surface area contributed by atoms with E-state index < -0.39 is 0 Å². The molecule has 4 aromatic rings. The van der Waals surface area contributed by atoms with Gasteiger partial charge in [0.1, 0.15) is 5.52 Å². The first-order chi connectivity index (χ1) is 14.6. The first-order valence-corrected chi connectivity index (χ1v) is 10.0. The average Bonchev–Trinajstić information content (AvgIpc) is 3.44. The number of H-pyrrole nitrogens is 1. The third-order valence-corrected chi connectivity index (χ3v) is 5.55. The summed E-state index contributed by atoms with van der Waals surface area (Å²) in [5.41, 5.74) is 9.58. The third-order valence-electron chi connectivity index (χ3n) is 5.55. The van der Waals surface area contributed by atoms with Crippen LogP contribution in [0.5, 0.6) is 0 Å². The Bertz CT molecular complexity index is 1210. The van der Waals surface area contributed by atoms with Gasteiger partial charge in [-0.3, -0.25) is 14.6 Å². The van der Waals surface area contributed by atoms with Gasteiger partial charge in [-0.1, -0.05) is 19.1 Å². The molecule has 30 heavy (non-hydrogen) atoms. The number of morpholine rings is 1. The fraction of sp³-hybridized carbons (Fsp3) is 0.333. The summed E-state index contributed by atoms with van der Waals surface area (Å²) in [4.78, 5) is 19.1. The number of hydrogen-bond donors (Lipinski definition) is 2. The van der Waals surface area contributed by atoms with Gasteiger partial charge in [0.15, 0.2) is 5.82 Å². The first-order valence-electron chi connectivity index (χ1n) is 10.0. The zero-order chi connectivity index (χ0) is 20.7. The van der Waals surface area contributed by atoms with Gasteiger partial charge in [-0.15, -0.1) is 0 Å². The molecule has 5 rings (SSSR count). The van der Waals surface area contributed by atoms with E-state index in [0.717, 1.165) is 27.5 Å². The molecule has 0 aliphatic carbocycles. The van der Waals surface area contributed by atoms with E-state index in [2.05, 4.69) is 20.3 Å². The van der Waals surface area contributed by atoms with Crippen molar-refractivity contribution in [1.82, 2.24) is 29.9 Å². The highest BCUT2D eigenvalue weighted by Gasteiger charge is 2.23. The number of amides is 1. The number of nitrogens with one attached hydrogen (secondary N) is 1. The molecule has 0 radical (unpaired) electrons. The van der Waals surface area contributed by atoms with E-state index in [1.807, 2.05) is 42.3 Å². The van der Waals surface area contributed by atoms with Crippen LogP contribution in [0.15, 0.2) is 36.7 Å². The SMILES string of the molecule is CC(Cn1cc2c(n1)c(N)nc1cc(-c3ccn[nH]3)ccc12)C(=O)N1CCOCC1. The van der Waals surface area contributed by atoms with Gasteiger partial charge in [0.05, 0.1) is 36.9 Å². The number of ether oxygens (including phenoxy) is 1. The number of rotatable bonds is 4. The average molecular weight is 405 g/mol. The molecule has 3 N–H and O–H groups in total. The van der Waals surface area contributed by atoms with E-state index in [1.165, 1.54) is 0 Å². The minimum atomic E-state index is -0.190. The number of fused-ring (bicyclic) bond motifs is 3. The largest absolute Gasteiger partial charge is 0.382 e. The van der Waals surface area contributed by atoms with Crippen LogP contribution in [0.2, 0.25) is 0 Å². The molecule has 9 heteroatoms. The monoisotopic (exact) mass is 405 g/mol. The number of hydrogen-bond acceptors (Lipinski definition) is 6. The smallest absolute Gasteiger partial charge is 0.227 e. The van der Waals surface area contributed by atoms with Crippen LogP contribution in [-0.4, -0.2) is 62.1 Å². The van der Waals surface area contributed by atoms with E-state index in [0.29, 0.717) is 44.2 Å². The lowest BCUT2D eigenvalue weighted by molar-refractivity contribution is -0.139. The molecule has 1 amide bonds. The second-order valence-electron chi connectivity index (χ2n) is 7.65. The van der Waals surface area contributed by atoms with Gasteiger partial charge in [-0.25, -0.2) is 4.98 Å². The Balaban J connectivity index is 1.46. The molecule has 4 heterocycles. The lowest BCUT2D eigenvalue weighted by Crippen LogP contribution is -2.44. The molecule has 154 valence electrons. The molecule has 1 atom stereocenters. The van der Waals surface area contributed by atoms with Crippen LogP contribution in [0.3, 0.4) is 0 Å². The first kappa shape index (κ1) is 18.6. The molecule has 1 aliphatic rings. The van der Waals surface area contributed by atoms with Crippen molar-refractivity contribution in [2.75, 3.05) is 32.0 Å². The van der Waals surface area contributed by atoms with Gasteiger partial charge < -0.3 is 15.4 Å². The summed E-state index contributed by atoms with van der Waals surface area (Å²) in [7, 11) is 0. The van der Waals surface area contributed by atoms with Crippen molar-refractivity contribution in [3.8, 4) is 11.3 Å². The van der Waals surface area contributed by atoms with E-state index in [4.69, 9.17) is 10.5 Å². The fourth-order valence-electron chi connectivity index (χ4n) is 3.97. The van der Waals surface area contributed by atoms with Crippen LogP contribution in [0, 0.1) is 5.92 Å². The molecular weight excluding hydrogens is 382 g/mol. The van der Waals surface area contributed by atoms with Gasteiger partial charge in [-0.2, -0.15) is 10.2 Å². The van der Waals surface area contributed by atoms with Gasteiger partial charge in [0, 0.05) is 41.8 Å². The highest BCUT2D eigenvalue weighted by Crippen LogP contribution is 2.30. The number of carbonyl (C=O) groups excluding carboxylic acids is 1. The molecule has 3 aromatic heterocycles. The van der Waals surface area contributed by atoms with E-state index >= 15 is 0 Å². The molecule has 9 nitrogen and oxygen atoms in total. The Hall–Kier alpha value is -3.46. The highest BCUT2D eigenvalue weighted by atomic mass is 16.5. The zero-order valence-electron chi connectivity index (χ0n) is 16.7. The van der Waals surface area contributed by atoms with Gasteiger partial charge >= 0.3 is 0 Å². The fourth-order valence-corrected chi connectivity index (χ4v) is 3.97. The molecule has 1 aliphatic heterocycles. The molecule has 0 saturated carbocycles. The van der Waals surface area contributed by atoms with Crippen molar-refractivity contribution >= 4 is 33.5 Å². The number of aromatic amines is 1. The van der Waals surface area contributed by atoms with Crippen molar-refractivity contribution in [1.29, 1.82) is 0 Å². The summed E-state index contributed by atoms with van der Waals surface area (Å²) in [6.07, 6.45) is 3.67. The van der Waals surface area contributed by atoms with Crippen molar-refractivity contribution in [2.45, 2.75) is 13.5 Å². The summed E-state index contributed by atoms with van der Waals surface area (Å²) in [6, 6.07) is 7.94. The Morgan fingerprint density at radius 2 is 2.10 bits per heavy atom. The van der Waals surface area contributed by atoms with E-state index in [9.17, 15) is 4.79 Å². The van der Waals surface area contributed by atoms with E-state index in [-0.39, 0.29) is 11.8 Å². The zero-order valence-corrected chi connectivity index (χ0v) is 16.7. The number of nitrogen functional groups attached to an aromatic ring is 1. The Kier molecular flexibility index (Phi) is 4.59. The van der Waals surface area contributed by atoms with Crippen LogP contribution >= 0.6 is 0 Å². The molecular formula is C21H23N7O2. The molecule has 1 saturated heterocycles. The minimum Gasteiger partial charge on any atom is -0.382 e. The standard InChI is InChI=1S/C21H23N7O2/c1-13(21(29)27-6-8-30-9-7-27)11-28-12-16-15-3-2-14(17-4-5-23-25-17)10-18(15)24-20(22)19(16)26-28/h2-5,10,12-13H,6-9,11H2,1H3,(H2,22,24)(H,23,25). The van der Waals surface area contributed by atoms with Crippen molar-refractivity contribution < 1.29 is 9.53 Å². The summed E-state index contributed by atoms with van der Waals surface area (Å²) in [6.45, 7) is 4.89. The Labute approximate surface area is 172 Å². The molecule has 1 aromatic carbocycles. The summed E-state index contributed by atoms with van der Waals surface area (Å²) in [5, 5.41) is 13.5. The number of benzene rings is 1. The van der Waals surface area contributed by atoms with Crippen LogP contribution < -0.4 is 5.73 Å². The summed E-state index contributed by atoms with van der Waals surface area (Å²) < 4.78 is 7.14. The van der Waals surface area contributed by atoms with E-state index in [1.54, 1.807) is 10.9 Å². The van der Waals surface area contributed by atoms with Crippen LogP contribution in [-0.2, 0) is 16.1 Å².